The molecule has 0 unspecified atom stereocenters. The molecule has 0 atom stereocenters. The molecule has 0 saturated carbocycles. The number of rotatable bonds is 6. The van der Waals surface area contributed by atoms with Crippen molar-refractivity contribution in [2.45, 2.75) is 20.0 Å². The van der Waals surface area contributed by atoms with Crippen LogP contribution in [0.3, 0.4) is 0 Å². The second-order valence-electron chi connectivity index (χ2n) is 6.67. The van der Waals surface area contributed by atoms with E-state index in [9.17, 15) is 4.79 Å². The van der Waals surface area contributed by atoms with Gasteiger partial charge in [0.1, 0.15) is 0 Å². The summed E-state index contributed by atoms with van der Waals surface area (Å²) in [5, 5.41) is 11.6. The number of aryl methyl sites for hydroxylation is 1. The van der Waals surface area contributed by atoms with Crippen LogP contribution in [0, 0.1) is 6.92 Å². The quantitative estimate of drug-likeness (QED) is 0.562. The van der Waals surface area contributed by atoms with Crippen molar-refractivity contribution in [2.75, 3.05) is 5.32 Å². The number of hydrogen-bond donors (Lipinski definition) is 1. The van der Waals surface area contributed by atoms with E-state index < -0.39 is 0 Å². The molecule has 0 aliphatic rings. The van der Waals surface area contributed by atoms with Crippen LogP contribution in [-0.2, 0) is 13.1 Å². The van der Waals surface area contributed by atoms with Crippen LogP contribution in [0.15, 0.2) is 79.1 Å². The van der Waals surface area contributed by atoms with E-state index in [1.165, 1.54) is 0 Å². The molecule has 6 heteroatoms. The lowest BCUT2D eigenvalue weighted by atomic mass is 10.1. The largest absolute Gasteiger partial charge is 0.305 e. The summed E-state index contributed by atoms with van der Waals surface area (Å²) < 4.78 is 3.71. The predicted molar refractivity (Wildman–Crippen MR) is 108 cm³/mol. The van der Waals surface area contributed by atoms with E-state index in [2.05, 4.69) is 27.6 Å². The number of hydrogen-bond acceptors (Lipinski definition) is 3. The lowest BCUT2D eigenvalue weighted by Crippen LogP contribution is -2.13. The number of anilines is 1. The Bertz CT molecular complexity index is 1070. The van der Waals surface area contributed by atoms with Gasteiger partial charge in [-0.05, 0) is 36.2 Å². The molecule has 1 amide bonds. The highest BCUT2D eigenvalue weighted by Gasteiger charge is 2.11. The molecule has 1 N–H and O–H groups in total. The molecule has 28 heavy (non-hydrogen) atoms. The lowest BCUT2D eigenvalue weighted by Gasteiger charge is -2.06. The Hall–Kier alpha value is -3.67. The summed E-state index contributed by atoms with van der Waals surface area (Å²) in [6.07, 6.45) is 3.64. The van der Waals surface area contributed by atoms with Crippen molar-refractivity contribution < 1.29 is 4.79 Å². The molecule has 0 radical (unpaired) electrons. The van der Waals surface area contributed by atoms with Gasteiger partial charge in [0.25, 0.3) is 5.91 Å². The third-order valence-corrected chi connectivity index (χ3v) is 4.49. The number of nitrogens with one attached hydrogen (secondary N) is 1. The van der Waals surface area contributed by atoms with Gasteiger partial charge in [-0.1, -0.05) is 42.5 Å². The molecule has 2 aromatic heterocycles. The molecule has 0 bridgehead atoms. The van der Waals surface area contributed by atoms with Crippen molar-refractivity contribution in [3.63, 3.8) is 0 Å². The van der Waals surface area contributed by atoms with Gasteiger partial charge in [0.05, 0.1) is 13.1 Å². The normalized spacial score (nSPS) is 10.8. The highest BCUT2D eigenvalue weighted by molar-refractivity contribution is 6.03. The fraction of sp³-hybridized carbons (Fsp3) is 0.136. The van der Waals surface area contributed by atoms with Gasteiger partial charge in [0.2, 0.25) is 0 Å². The van der Waals surface area contributed by atoms with Gasteiger partial charge >= 0.3 is 0 Å². The highest BCUT2D eigenvalue weighted by Crippen LogP contribution is 2.14. The number of carbonyl (C=O) groups excluding carboxylic acids is 1. The van der Waals surface area contributed by atoms with Crippen molar-refractivity contribution >= 4 is 11.7 Å². The fourth-order valence-corrected chi connectivity index (χ4v) is 3.07. The highest BCUT2D eigenvalue weighted by atomic mass is 16.1. The molecule has 2 heterocycles. The molecule has 6 nitrogen and oxygen atoms in total. The lowest BCUT2D eigenvalue weighted by molar-refractivity contribution is 0.102. The summed E-state index contributed by atoms with van der Waals surface area (Å²) in [6.45, 7) is 3.27. The molecular weight excluding hydrogens is 350 g/mol. The maximum atomic E-state index is 12.7. The van der Waals surface area contributed by atoms with E-state index >= 15 is 0 Å². The van der Waals surface area contributed by atoms with Crippen LogP contribution >= 0.6 is 0 Å². The summed E-state index contributed by atoms with van der Waals surface area (Å²) in [5.41, 5.74) is 3.77. The molecule has 0 aliphatic heterocycles. The molecule has 0 fully saturated rings. The second-order valence-corrected chi connectivity index (χ2v) is 6.67. The number of aromatic nitrogens is 4. The zero-order valence-corrected chi connectivity index (χ0v) is 15.6. The minimum atomic E-state index is -0.174. The van der Waals surface area contributed by atoms with Crippen molar-refractivity contribution in [2.24, 2.45) is 0 Å². The molecule has 0 saturated heterocycles. The van der Waals surface area contributed by atoms with Gasteiger partial charge in [-0.3, -0.25) is 14.2 Å². The summed E-state index contributed by atoms with van der Waals surface area (Å²) >= 11 is 0. The standard InChI is InChI=1S/C22H21N5O/c1-17-13-21(25-27(17)16-18-7-3-2-4-8-18)24-22(28)20-10-5-9-19(14-20)15-26-12-6-11-23-26/h2-14H,15-16H2,1H3,(H,24,25,28). The Morgan fingerprint density at radius 3 is 2.57 bits per heavy atom. The first-order valence-corrected chi connectivity index (χ1v) is 9.13. The van der Waals surface area contributed by atoms with Crippen LogP contribution in [0.2, 0.25) is 0 Å². The molecule has 140 valence electrons. The molecule has 2 aromatic carbocycles. The SMILES string of the molecule is Cc1cc(NC(=O)c2cccc(Cn3cccn3)c2)nn1Cc1ccccc1. The molecule has 0 aliphatic carbocycles. The van der Waals surface area contributed by atoms with E-state index in [-0.39, 0.29) is 5.91 Å². The average molecular weight is 371 g/mol. The monoisotopic (exact) mass is 371 g/mol. The Labute approximate surface area is 163 Å². The van der Waals surface area contributed by atoms with Crippen molar-refractivity contribution in [1.29, 1.82) is 0 Å². The van der Waals surface area contributed by atoms with Gasteiger partial charge < -0.3 is 5.32 Å². The van der Waals surface area contributed by atoms with E-state index in [1.807, 2.05) is 71.0 Å². The van der Waals surface area contributed by atoms with Crippen molar-refractivity contribution in [3.05, 3.63) is 102 Å². The van der Waals surface area contributed by atoms with Crippen LogP contribution in [0.4, 0.5) is 5.82 Å². The summed E-state index contributed by atoms with van der Waals surface area (Å²) in [6, 6.07) is 21.4. The third kappa shape index (κ3) is 4.17. The first kappa shape index (κ1) is 17.7. The first-order chi connectivity index (χ1) is 13.7. The summed E-state index contributed by atoms with van der Waals surface area (Å²) in [5.74, 6) is 0.377. The minimum absolute atomic E-state index is 0.174. The first-order valence-electron chi connectivity index (χ1n) is 9.13. The maximum absolute atomic E-state index is 12.7. The minimum Gasteiger partial charge on any atom is -0.305 e. The van der Waals surface area contributed by atoms with Gasteiger partial charge in [-0.25, -0.2) is 0 Å². The Morgan fingerprint density at radius 2 is 1.79 bits per heavy atom. The van der Waals surface area contributed by atoms with E-state index in [1.54, 1.807) is 12.3 Å². The summed E-state index contributed by atoms with van der Waals surface area (Å²) in [4.78, 5) is 12.7. The second kappa shape index (κ2) is 7.92. The maximum Gasteiger partial charge on any atom is 0.256 e. The van der Waals surface area contributed by atoms with Crippen molar-refractivity contribution in [3.8, 4) is 0 Å². The third-order valence-electron chi connectivity index (χ3n) is 4.49. The zero-order valence-electron chi connectivity index (χ0n) is 15.6. The summed E-state index contributed by atoms with van der Waals surface area (Å²) in [7, 11) is 0. The predicted octanol–water partition coefficient (Wildman–Crippen LogP) is 3.74. The number of benzene rings is 2. The molecule has 4 aromatic rings. The number of amides is 1. The van der Waals surface area contributed by atoms with Crippen LogP contribution < -0.4 is 5.32 Å². The molecule has 4 rings (SSSR count). The number of nitrogens with zero attached hydrogens (tertiary/aromatic N) is 4. The zero-order chi connectivity index (χ0) is 19.3. The topological polar surface area (TPSA) is 64.7 Å². The Balaban J connectivity index is 1.46. The van der Waals surface area contributed by atoms with Gasteiger partial charge in [-0.2, -0.15) is 10.2 Å². The van der Waals surface area contributed by atoms with Gasteiger partial charge in [0, 0.05) is 29.7 Å². The number of carbonyl (C=O) groups is 1. The van der Waals surface area contributed by atoms with E-state index in [0.29, 0.717) is 24.5 Å². The van der Waals surface area contributed by atoms with Crippen LogP contribution in [0.25, 0.3) is 0 Å². The Morgan fingerprint density at radius 1 is 0.964 bits per heavy atom. The molecular formula is C22H21N5O. The molecule has 0 spiro atoms. The Kier molecular flexibility index (Phi) is 5.01. The van der Waals surface area contributed by atoms with Crippen molar-refractivity contribution in [1.82, 2.24) is 19.6 Å². The van der Waals surface area contributed by atoms with E-state index in [0.717, 1.165) is 16.8 Å². The smallest absolute Gasteiger partial charge is 0.256 e. The fourth-order valence-electron chi connectivity index (χ4n) is 3.07. The van der Waals surface area contributed by atoms with Gasteiger partial charge in [-0.15, -0.1) is 0 Å². The van der Waals surface area contributed by atoms with Crippen LogP contribution in [-0.4, -0.2) is 25.5 Å². The van der Waals surface area contributed by atoms with Crippen LogP contribution in [0.1, 0.15) is 27.2 Å². The van der Waals surface area contributed by atoms with E-state index in [4.69, 9.17) is 0 Å². The van der Waals surface area contributed by atoms with Gasteiger partial charge in [0.15, 0.2) is 5.82 Å². The van der Waals surface area contributed by atoms with Crippen LogP contribution in [0.5, 0.6) is 0 Å². The average Bonchev–Trinajstić information content (AvgIpc) is 3.33.